The second-order valence-corrected chi connectivity index (χ2v) is 8.30. The molecule has 9 heteroatoms. The van der Waals surface area contributed by atoms with Crippen LogP contribution in [0.2, 0.25) is 0 Å². The molecule has 4 rings (SSSR count). The van der Waals surface area contributed by atoms with Gasteiger partial charge in [-0.1, -0.05) is 11.8 Å². The summed E-state index contributed by atoms with van der Waals surface area (Å²) in [5.74, 6) is 1.97. The predicted octanol–water partition coefficient (Wildman–Crippen LogP) is 3.38. The number of carboxylic acid groups (broad SMARTS) is 1. The van der Waals surface area contributed by atoms with Crippen LogP contribution in [0.5, 0.6) is 11.5 Å². The highest BCUT2D eigenvalue weighted by Crippen LogP contribution is 2.37. The zero-order valence-electron chi connectivity index (χ0n) is 17.4. The molecule has 0 bridgehead atoms. The summed E-state index contributed by atoms with van der Waals surface area (Å²) in [4.78, 5) is 20.1. The lowest BCUT2D eigenvalue weighted by Crippen LogP contribution is -2.10. The van der Waals surface area contributed by atoms with Crippen molar-refractivity contribution in [2.75, 3.05) is 6.61 Å². The fraction of sp³-hybridized carbons (Fsp3) is 0.429. The van der Waals surface area contributed by atoms with Crippen molar-refractivity contribution in [3.8, 4) is 11.5 Å². The Morgan fingerprint density at radius 2 is 2.17 bits per heavy atom. The highest BCUT2D eigenvalue weighted by molar-refractivity contribution is 7.98. The van der Waals surface area contributed by atoms with Gasteiger partial charge in [0.1, 0.15) is 17.6 Å². The summed E-state index contributed by atoms with van der Waals surface area (Å²) in [7, 11) is 0. The van der Waals surface area contributed by atoms with E-state index >= 15 is 0 Å². The summed E-state index contributed by atoms with van der Waals surface area (Å²) in [6.07, 6.45) is 0.975. The highest BCUT2D eigenvalue weighted by atomic mass is 32.2. The van der Waals surface area contributed by atoms with Crippen LogP contribution in [0.15, 0.2) is 17.3 Å². The van der Waals surface area contributed by atoms with Gasteiger partial charge in [-0.15, -0.1) is 5.10 Å². The van der Waals surface area contributed by atoms with E-state index in [4.69, 9.17) is 14.6 Å². The molecule has 1 aliphatic heterocycles. The van der Waals surface area contributed by atoms with Crippen LogP contribution in [-0.2, 0) is 23.4 Å². The first-order valence-corrected chi connectivity index (χ1v) is 10.9. The minimum absolute atomic E-state index is 0.0891. The molecule has 0 saturated heterocycles. The summed E-state index contributed by atoms with van der Waals surface area (Å²) in [5.41, 5.74) is 4.27. The first-order chi connectivity index (χ1) is 14.4. The van der Waals surface area contributed by atoms with E-state index in [-0.39, 0.29) is 12.5 Å². The second kappa shape index (κ2) is 8.14. The molecule has 1 atom stereocenters. The van der Waals surface area contributed by atoms with Crippen LogP contribution in [0.3, 0.4) is 0 Å². The zero-order chi connectivity index (χ0) is 21.4. The molecule has 0 radical (unpaired) electrons. The average Bonchev–Trinajstić information content (AvgIpc) is 3.25. The van der Waals surface area contributed by atoms with Crippen LogP contribution >= 0.6 is 11.8 Å². The number of hydrogen-bond donors (Lipinski definition) is 1. The van der Waals surface area contributed by atoms with Gasteiger partial charge < -0.3 is 14.6 Å². The van der Waals surface area contributed by atoms with E-state index in [1.165, 1.54) is 17.3 Å². The van der Waals surface area contributed by atoms with Gasteiger partial charge in [0, 0.05) is 40.3 Å². The van der Waals surface area contributed by atoms with Gasteiger partial charge in [-0.25, -0.2) is 9.50 Å². The van der Waals surface area contributed by atoms with Crippen molar-refractivity contribution >= 4 is 23.5 Å². The molecule has 0 unspecified atom stereocenters. The van der Waals surface area contributed by atoms with Crippen molar-refractivity contribution in [2.24, 2.45) is 0 Å². The summed E-state index contributed by atoms with van der Waals surface area (Å²) < 4.78 is 13.4. The molecular formula is C21H24N4O4S. The van der Waals surface area contributed by atoms with E-state index < -0.39 is 5.97 Å². The van der Waals surface area contributed by atoms with E-state index in [1.54, 1.807) is 11.4 Å². The largest absolute Gasteiger partial charge is 0.494 e. The number of carbonyl (C=O) groups is 1. The highest BCUT2D eigenvalue weighted by Gasteiger charge is 2.22. The zero-order valence-corrected chi connectivity index (χ0v) is 18.2. The Kier molecular flexibility index (Phi) is 5.55. The number of nitrogens with zero attached hydrogens (tertiary/aromatic N) is 4. The minimum atomic E-state index is -0.895. The molecule has 0 saturated carbocycles. The molecular weight excluding hydrogens is 404 g/mol. The van der Waals surface area contributed by atoms with Crippen LogP contribution in [0, 0.1) is 13.8 Å². The SMILES string of the molecule is CCOc1cc2c(cc1CSc1nc3nc(C)c(CC(=O)O)c(C)n3n1)O[C@@H](C)C2. The number of thioether (sulfide) groups is 1. The summed E-state index contributed by atoms with van der Waals surface area (Å²) >= 11 is 1.48. The third-order valence-electron chi connectivity index (χ3n) is 5.09. The molecule has 8 nitrogen and oxygen atoms in total. The standard InChI is InChI=1S/C21H24N4O4S/c1-5-28-17-7-14-6-11(2)29-18(14)8-15(17)10-30-21-23-20-22-12(3)16(9-19(26)27)13(4)25(20)24-21/h7-8,11H,5-6,9-10H2,1-4H3,(H,26,27)/t11-/m0/s1. The van der Waals surface area contributed by atoms with Gasteiger partial charge in [-0.3, -0.25) is 4.79 Å². The number of aromatic nitrogens is 4. The van der Waals surface area contributed by atoms with Crippen molar-refractivity contribution in [1.29, 1.82) is 0 Å². The van der Waals surface area contributed by atoms with Gasteiger partial charge in [0.2, 0.25) is 5.16 Å². The third-order valence-corrected chi connectivity index (χ3v) is 5.98. The maximum atomic E-state index is 11.2. The first-order valence-electron chi connectivity index (χ1n) is 9.88. The van der Waals surface area contributed by atoms with E-state index in [2.05, 4.69) is 28.1 Å². The summed E-state index contributed by atoms with van der Waals surface area (Å²) in [6.45, 7) is 8.26. The average molecular weight is 429 g/mol. The Hall–Kier alpha value is -2.81. The first kappa shape index (κ1) is 20.5. The lowest BCUT2D eigenvalue weighted by atomic mass is 10.1. The van der Waals surface area contributed by atoms with Crippen LogP contribution in [-0.4, -0.2) is 43.4 Å². The molecule has 1 aromatic carbocycles. The third kappa shape index (κ3) is 3.94. The number of aryl methyl sites for hydroxylation is 2. The number of rotatable bonds is 7. The molecule has 3 aromatic rings. The Labute approximate surface area is 178 Å². The van der Waals surface area contributed by atoms with E-state index in [0.717, 1.165) is 29.2 Å². The van der Waals surface area contributed by atoms with E-state index in [1.807, 2.05) is 19.9 Å². The number of carboxylic acids is 1. The molecule has 1 aliphatic rings. The van der Waals surface area contributed by atoms with Crippen molar-refractivity contribution in [2.45, 2.75) is 57.5 Å². The number of aliphatic carboxylic acids is 1. The fourth-order valence-electron chi connectivity index (χ4n) is 3.68. The van der Waals surface area contributed by atoms with Gasteiger partial charge in [-0.2, -0.15) is 4.98 Å². The maximum Gasteiger partial charge on any atom is 0.307 e. The molecule has 3 heterocycles. The van der Waals surface area contributed by atoms with E-state index in [0.29, 0.717) is 34.6 Å². The topological polar surface area (TPSA) is 98.8 Å². The molecule has 0 aliphatic carbocycles. The van der Waals surface area contributed by atoms with Crippen molar-refractivity contribution in [3.05, 3.63) is 40.2 Å². The Morgan fingerprint density at radius 1 is 1.37 bits per heavy atom. The van der Waals surface area contributed by atoms with Crippen LogP contribution in [0.1, 0.15) is 41.9 Å². The number of fused-ring (bicyclic) bond motifs is 2. The van der Waals surface area contributed by atoms with Gasteiger partial charge in [-0.05, 0) is 39.8 Å². The monoisotopic (exact) mass is 428 g/mol. The molecule has 1 N–H and O–H groups in total. The maximum absolute atomic E-state index is 11.2. The molecule has 0 fully saturated rings. The Morgan fingerprint density at radius 3 is 2.90 bits per heavy atom. The molecule has 0 amide bonds. The van der Waals surface area contributed by atoms with Gasteiger partial charge in [0.25, 0.3) is 5.78 Å². The van der Waals surface area contributed by atoms with E-state index in [9.17, 15) is 4.79 Å². The number of benzene rings is 1. The molecule has 30 heavy (non-hydrogen) atoms. The second-order valence-electron chi connectivity index (χ2n) is 7.36. The quantitative estimate of drug-likeness (QED) is 0.572. The summed E-state index contributed by atoms with van der Waals surface area (Å²) in [6, 6.07) is 4.12. The lowest BCUT2D eigenvalue weighted by Gasteiger charge is -2.11. The molecule has 158 valence electrons. The van der Waals surface area contributed by atoms with Gasteiger partial charge in [0.15, 0.2) is 0 Å². The van der Waals surface area contributed by atoms with Gasteiger partial charge in [0.05, 0.1) is 13.0 Å². The number of hydrogen-bond acceptors (Lipinski definition) is 7. The Balaban J connectivity index is 1.60. The van der Waals surface area contributed by atoms with Crippen LogP contribution in [0.4, 0.5) is 0 Å². The van der Waals surface area contributed by atoms with Crippen LogP contribution in [0.25, 0.3) is 5.78 Å². The normalized spacial score (nSPS) is 15.3. The predicted molar refractivity (Wildman–Crippen MR) is 113 cm³/mol. The molecule has 2 aromatic heterocycles. The minimum Gasteiger partial charge on any atom is -0.494 e. The molecule has 0 spiro atoms. The van der Waals surface area contributed by atoms with Crippen LogP contribution < -0.4 is 9.47 Å². The van der Waals surface area contributed by atoms with Crippen molar-refractivity contribution in [3.63, 3.8) is 0 Å². The Bertz CT molecular complexity index is 1130. The smallest absolute Gasteiger partial charge is 0.307 e. The summed E-state index contributed by atoms with van der Waals surface area (Å²) in [5, 5.41) is 14.3. The fourth-order valence-corrected chi connectivity index (χ4v) is 4.48. The van der Waals surface area contributed by atoms with Gasteiger partial charge >= 0.3 is 5.97 Å². The van der Waals surface area contributed by atoms with Crippen molar-refractivity contribution in [1.82, 2.24) is 19.6 Å². The number of ether oxygens (including phenoxy) is 2. The lowest BCUT2D eigenvalue weighted by molar-refractivity contribution is -0.136. The van der Waals surface area contributed by atoms with Crippen molar-refractivity contribution < 1.29 is 19.4 Å².